The van der Waals surface area contributed by atoms with Gasteiger partial charge in [0.1, 0.15) is 11.9 Å². The van der Waals surface area contributed by atoms with Crippen LogP contribution in [0.1, 0.15) is 23.5 Å². The van der Waals surface area contributed by atoms with Crippen molar-refractivity contribution in [2.24, 2.45) is 51.3 Å². The van der Waals surface area contributed by atoms with Crippen molar-refractivity contribution in [1.29, 1.82) is 0 Å². The number of carboxylic acid groups (broad SMARTS) is 1. The van der Waals surface area contributed by atoms with Crippen molar-refractivity contribution in [3.8, 4) is 0 Å². The van der Waals surface area contributed by atoms with Crippen LogP contribution >= 0.6 is 22.9 Å². The smallest absolute Gasteiger partial charge is 0.338 e. The number of nitrogens with one attached hydrogen (secondary N) is 1. The number of carbonyl (C=O) groups excluding carboxylic acids is 1. The van der Waals surface area contributed by atoms with Gasteiger partial charge >= 0.3 is 11.9 Å². The van der Waals surface area contributed by atoms with Crippen molar-refractivity contribution >= 4 is 40.7 Å². The Morgan fingerprint density at radius 1 is 1.23 bits per heavy atom. The lowest BCUT2D eigenvalue weighted by Crippen LogP contribution is -3.11. The first-order valence-electron chi connectivity index (χ1n) is 11.7. The van der Waals surface area contributed by atoms with Crippen LogP contribution in [0.2, 0.25) is 5.02 Å². The summed E-state index contributed by atoms with van der Waals surface area (Å²) in [7, 11) is 0. The molecule has 9 rings (SSSR count). The Kier molecular flexibility index (Phi) is 3.57. The molecule has 1 aromatic heterocycles. The van der Waals surface area contributed by atoms with Gasteiger partial charge < -0.3 is 15.2 Å². The number of carbonyl (C=O) groups is 2. The van der Waals surface area contributed by atoms with Crippen molar-refractivity contribution in [3.05, 3.63) is 62.5 Å². The maximum Gasteiger partial charge on any atom is 0.338 e. The summed E-state index contributed by atoms with van der Waals surface area (Å²) in [6.45, 7) is 1.95. The highest BCUT2D eigenvalue weighted by atomic mass is 35.5. The first kappa shape index (κ1) is 20.4. The summed E-state index contributed by atoms with van der Waals surface area (Å²) in [5.41, 5.74) is 0.919. The molecule has 10 heteroatoms. The molecule has 7 nitrogen and oxygen atoms in total. The monoisotopic (exact) mass is 511 g/mol. The van der Waals surface area contributed by atoms with Crippen LogP contribution in [0.15, 0.2) is 46.0 Å². The summed E-state index contributed by atoms with van der Waals surface area (Å²) < 4.78 is 19.4. The molecular weight excluding hydrogens is 493 g/mol. The van der Waals surface area contributed by atoms with Gasteiger partial charge in [-0.2, -0.15) is 0 Å². The Labute approximate surface area is 208 Å². The Bertz CT molecular complexity index is 1380. The number of aliphatic imine (C=N–C) groups is 1. The average Bonchev–Trinajstić information content (AvgIpc) is 3.38. The van der Waals surface area contributed by atoms with E-state index in [-0.39, 0.29) is 52.6 Å². The van der Waals surface area contributed by atoms with E-state index in [9.17, 15) is 19.1 Å². The highest BCUT2D eigenvalue weighted by molar-refractivity contribution is 7.11. The molecule has 2 aromatic rings. The van der Waals surface area contributed by atoms with Gasteiger partial charge in [0.05, 0.1) is 17.6 Å². The third-order valence-corrected chi connectivity index (χ3v) is 11.0. The molecule has 0 spiro atoms. The predicted octanol–water partition coefficient (Wildman–Crippen LogP) is 3.67. The number of thiazole rings is 1. The number of aliphatic carboxylic acids is 1. The number of halogens is 2. The molecule has 6 saturated carbocycles. The Balaban J connectivity index is 1.30. The maximum atomic E-state index is 13.9. The van der Waals surface area contributed by atoms with E-state index in [0.29, 0.717) is 22.0 Å². The number of hydrogen-bond acceptors (Lipinski definition) is 7. The van der Waals surface area contributed by atoms with Gasteiger partial charge in [-0.1, -0.05) is 17.7 Å². The van der Waals surface area contributed by atoms with Gasteiger partial charge in [-0.25, -0.2) is 14.2 Å². The molecule has 7 aliphatic rings. The van der Waals surface area contributed by atoms with Gasteiger partial charge in [0.15, 0.2) is 10.8 Å². The van der Waals surface area contributed by atoms with Crippen LogP contribution in [-0.2, 0) is 14.3 Å². The first-order chi connectivity index (χ1) is 16.9. The molecule has 0 amide bonds. The number of esters is 1. The number of carboxylic acids is 1. The lowest BCUT2D eigenvalue weighted by molar-refractivity contribution is -0.633. The second-order valence-electron chi connectivity index (χ2n) is 10.3. The van der Waals surface area contributed by atoms with E-state index in [2.05, 4.69) is 10.3 Å². The number of amidine groups is 1. The molecule has 0 bridgehead atoms. The number of rotatable bonds is 6. The molecule has 178 valence electrons. The molecule has 6 fully saturated rings. The average molecular weight is 512 g/mol. The van der Waals surface area contributed by atoms with Crippen molar-refractivity contribution in [2.75, 3.05) is 6.61 Å². The predicted molar refractivity (Wildman–Crippen MR) is 123 cm³/mol. The minimum absolute atomic E-state index is 0.180. The van der Waals surface area contributed by atoms with Crippen LogP contribution in [0.5, 0.6) is 0 Å². The van der Waals surface area contributed by atoms with Gasteiger partial charge in [-0.05, 0) is 54.6 Å². The second kappa shape index (κ2) is 6.13. The van der Waals surface area contributed by atoms with Crippen LogP contribution in [0, 0.1) is 52.2 Å². The fourth-order valence-corrected chi connectivity index (χ4v) is 10.0. The number of hydrogen-bond donors (Lipinski definition) is 2. The molecule has 1 atom stereocenters. The molecule has 1 aliphatic heterocycles. The summed E-state index contributed by atoms with van der Waals surface area (Å²) >= 11 is 7.90. The SMILES string of the molecule is CCOC(=O)C1=C(C23C4C5C2C2C3C4C52C(=O)O)NC(c2nccs2)=NC1c1ccc(F)cc1Cl. The highest BCUT2D eigenvalue weighted by Crippen LogP contribution is 3.11. The fourth-order valence-electron chi connectivity index (χ4n) is 9.17. The molecule has 1 aromatic carbocycles. The number of benzene rings is 1. The first-order valence-corrected chi connectivity index (χ1v) is 13.0. The van der Waals surface area contributed by atoms with Crippen LogP contribution < -0.4 is 5.32 Å². The number of allylic oxidation sites excluding steroid dienone is 1. The maximum absolute atomic E-state index is 13.9. The van der Waals surface area contributed by atoms with Crippen molar-refractivity contribution in [3.63, 3.8) is 0 Å². The van der Waals surface area contributed by atoms with E-state index in [1.54, 1.807) is 19.2 Å². The molecule has 1 unspecified atom stereocenters. The van der Waals surface area contributed by atoms with Crippen LogP contribution in [0.4, 0.5) is 4.39 Å². The van der Waals surface area contributed by atoms with Gasteiger partial charge in [-0.15, -0.1) is 11.3 Å². The summed E-state index contributed by atoms with van der Waals surface area (Å²) in [6.07, 6.45) is 1.69. The highest BCUT2D eigenvalue weighted by Gasteiger charge is 3.12. The number of aromatic nitrogens is 1. The quantitative estimate of drug-likeness (QED) is 0.574. The Morgan fingerprint density at radius 2 is 1.94 bits per heavy atom. The third kappa shape index (κ3) is 1.84. The molecule has 6 aliphatic carbocycles. The summed E-state index contributed by atoms with van der Waals surface area (Å²) in [4.78, 5) is 34.8. The Morgan fingerprint density at radius 3 is 2.51 bits per heavy atom. The normalized spacial score (nSPS) is 42.3. The molecule has 2 N–H and O–H groups in total. The van der Waals surface area contributed by atoms with Crippen molar-refractivity contribution < 1.29 is 23.8 Å². The van der Waals surface area contributed by atoms with E-state index < -0.39 is 29.2 Å². The second-order valence-corrected chi connectivity index (χ2v) is 11.6. The fraction of sp³-hybridized carbons (Fsp3) is 0.440. The van der Waals surface area contributed by atoms with E-state index in [4.69, 9.17) is 21.3 Å². The number of ether oxygens (including phenoxy) is 1. The van der Waals surface area contributed by atoms with Crippen molar-refractivity contribution in [2.45, 2.75) is 13.0 Å². The van der Waals surface area contributed by atoms with Gasteiger partial charge in [0, 0.05) is 33.3 Å². The summed E-state index contributed by atoms with van der Waals surface area (Å²) in [6, 6.07) is 3.31. The van der Waals surface area contributed by atoms with E-state index >= 15 is 0 Å². The lowest BCUT2D eigenvalue weighted by Gasteiger charge is -3.10. The molecule has 2 heterocycles. The largest absolute Gasteiger partial charge is 0.481 e. The third-order valence-electron chi connectivity index (χ3n) is 9.87. The summed E-state index contributed by atoms with van der Waals surface area (Å²) in [5.74, 6) is 0.250. The molecule has 0 radical (unpaired) electrons. The minimum Gasteiger partial charge on any atom is -0.481 e. The lowest BCUT2D eigenvalue weighted by atomic mass is 8.92. The van der Waals surface area contributed by atoms with Crippen LogP contribution in [0.3, 0.4) is 0 Å². The molecule has 35 heavy (non-hydrogen) atoms. The van der Waals surface area contributed by atoms with Crippen molar-refractivity contribution in [1.82, 2.24) is 10.3 Å². The zero-order valence-electron chi connectivity index (χ0n) is 18.4. The Hall–Kier alpha value is -2.78. The zero-order valence-corrected chi connectivity index (χ0v) is 19.9. The molecular formula is C25H19ClFN3O4S. The summed E-state index contributed by atoms with van der Waals surface area (Å²) in [5, 5.41) is 16.1. The van der Waals surface area contributed by atoms with Crippen LogP contribution in [0.25, 0.3) is 0 Å². The van der Waals surface area contributed by atoms with E-state index in [0.717, 1.165) is 5.70 Å². The topological polar surface area (TPSA) is 101 Å². The van der Waals surface area contributed by atoms with Crippen LogP contribution in [-0.4, -0.2) is 34.5 Å². The minimum atomic E-state index is -0.786. The standard InChI is InChI=1S/C25H19ClFN3O4S/c1-2-34-22(31)11-18(9-4-3-8(27)7-10(9)26)29-20(21-28-5-6-35-21)30-19(11)24-12-15-13(24)17-14(24)16(12)25(15,17)23(32)33/h3-7,12-18H,2H2,1H3,(H,29,30)(H,32,33). The number of nitrogens with zero attached hydrogens (tertiary/aromatic N) is 2. The van der Waals surface area contributed by atoms with E-state index in [1.807, 2.05) is 5.38 Å². The zero-order chi connectivity index (χ0) is 24.0. The van der Waals surface area contributed by atoms with Gasteiger partial charge in [-0.3, -0.25) is 9.79 Å². The van der Waals surface area contributed by atoms with E-state index in [1.165, 1.54) is 23.5 Å². The molecule has 0 saturated heterocycles. The van der Waals surface area contributed by atoms with Gasteiger partial charge in [0.25, 0.3) is 0 Å². The van der Waals surface area contributed by atoms with Gasteiger partial charge in [0.2, 0.25) is 0 Å².